The molecular weight excluding hydrogens is 184 g/mol. The predicted molar refractivity (Wildman–Crippen MR) is 62.9 cm³/mol. The van der Waals surface area contributed by atoms with Crippen molar-refractivity contribution in [1.82, 2.24) is 0 Å². The van der Waals surface area contributed by atoms with Crippen LogP contribution in [0.25, 0.3) is 0 Å². The van der Waals surface area contributed by atoms with Crippen LogP contribution in [0.1, 0.15) is 50.0 Å². The summed E-state index contributed by atoms with van der Waals surface area (Å²) in [5.41, 5.74) is 1.31. The highest BCUT2D eigenvalue weighted by atomic mass is 16.3. The zero-order valence-electron chi connectivity index (χ0n) is 9.23. The average molecular weight is 204 g/mol. The average Bonchev–Trinajstić information content (AvgIpc) is 2.25. The minimum absolute atomic E-state index is 0.132. The van der Waals surface area contributed by atoms with Crippen molar-refractivity contribution in [1.29, 1.82) is 0 Å². The molecule has 1 aliphatic rings. The quantitative estimate of drug-likeness (QED) is 0.742. The SMILES string of the molecule is O[C@@H]1CCCCCC[C@H]1c1ccccc1. The van der Waals surface area contributed by atoms with Crippen molar-refractivity contribution in [3.8, 4) is 0 Å². The number of aliphatic hydroxyl groups is 1. The first-order chi connectivity index (χ1) is 7.38. The molecular formula is C14H20O. The van der Waals surface area contributed by atoms with Crippen molar-refractivity contribution in [3.63, 3.8) is 0 Å². The van der Waals surface area contributed by atoms with Gasteiger partial charge in [0.25, 0.3) is 0 Å². The van der Waals surface area contributed by atoms with E-state index in [1.54, 1.807) is 0 Å². The Kier molecular flexibility index (Phi) is 3.79. The standard InChI is InChI=1S/C14H20O/c15-14-11-7-2-1-6-10-13(14)12-8-4-3-5-9-12/h3-5,8-9,13-15H,1-2,6-7,10-11H2/t13-,14+/m0/s1. The molecule has 1 nitrogen and oxygen atoms in total. The first kappa shape index (κ1) is 10.7. The van der Waals surface area contributed by atoms with Crippen LogP contribution in [0.2, 0.25) is 0 Å². The molecule has 2 rings (SSSR count). The smallest absolute Gasteiger partial charge is 0.0608 e. The molecule has 1 heteroatoms. The summed E-state index contributed by atoms with van der Waals surface area (Å²) in [4.78, 5) is 0. The van der Waals surface area contributed by atoms with Gasteiger partial charge in [0, 0.05) is 5.92 Å². The van der Waals surface area contributed by atoms with Crippen LogP contribution in [0, 0.1) is 0 Å². The van der Waals surface area contributed by atoms with Crippen molar-refractivity contribution < 1.29 is 5.11 Å². The normalized spacial score (nSPS) is 28.1. The molecule has 0 spiro atoms. The van der Waals surface area contributed by atoms with Crippen LogP contribution in [0.3, 0.4) is 0 Å². The molecule has 0 saturated heterocycles. The van der Waals surface area contributed by atoms with Crippen molar-refractivity contribution >= 4 is 0 Å². The van der Waals surface area contributed by atoms with Gasteiger partial charge in [0.05, 0.1) is 6.10 Å². The van der Waals surface area contributed by atoms with Gasteiger partial charge in [0.2, 0.25) is 0 Å². The number of hydrogen-bond donors (Lipinski definition) is 1. The molecule has 2 atom stereocenters. The molecule has 0 bridgehead atoms. The van der Waals surface area contributed by atoms with Gasteiger partial charge < -0.3 is 5.11 Å². The summed E-state index contributed by atoms with van der Waals surface area (Å²) >= 11 is 0. The van der Waals surface area contributed by atoms with Gasteiger partial charge in [0.1, 0.15) is 0 Å². The molecule has 0 aliphatic heterocycles. The fraction of sp³-hybridized carbons (Fsp3) is 0.571. The van der Waals surface area contributed by atoms with Crippen LogP contribution in [-0.4, -0.2) is 11.2 Å². The van der Waals surface area contributed by atoms with Crippen molar-refractivity contribution in [2.75, 3.05) is 0 Å². The lowest BCUT2D eigenvalue weighted by atomic mass is 9.84. The molecule has 1 aliphatic carbocycles. The highest BCUT2D eigenvalue weighted by molar-refractivity contribution is 5.20. The maximum Gasteiger partial charge on any atom is 0.0608 e. The van der Waals surface area contributed by atoms with Crippen LogP contribution in [0.4, 0.5) is 0 Å². The van der Waals surface area contributed by atoms with E-state index in [0.717, 1.165) is 12.8 Å². The highest BCUT2D eigenvalue weighted by Gasteiger charge is 2.21. The lowest BCUT2D eigenvalue weighted by molar-refractivity contribution is 0.119. The Balaban J connectivity index is 2.10. The van der Waals surface area contributed by atoms with Crippen LogP contribution in [0.5, 0.6) is 0 Å². The van der Waals surface area contributed by atoms with Crippen molar-refractivity contribution in [3.05, 3.63) is 35.9 Å². The summed E-state index contributed by atoms with van der Waals surface area (Å²) in [5.74, 6) is 0.367. The van der Waals surface area contributed by atoms with E-state index >= 15 is 0 Å². The van der Waals surface area contributed by atoms with Crippen molar-refractivity contribution in [2.24, 2.45) is 0 Å². The first-order valence-electron chi connectivity index (χ1n) is 6.11. The van der Waals surface area contributed by atoms with E-state index in [9.17, 15) is 5.11 Å². The molecule has 15 heavy (non-hydrogen) atoms. The topological polar surface area (TPSA) is 20.2 Å². The molecule has 1 saturated carbocycles. The Labute approximate surface area is 92.1 Å². The first-order valence-corrected chi connectivity index (χ1v) is 6.11. The Morgan fingerprint density at radius 1 is 0.867 bits per heavy atom. The van der Waals surface area contributed by atoms with Gasteiger partial charge >= 0.3 is 0 Å². The molecule has 1 N–H and O–H groups in total. The summed E-state index contributed by atoms with van der Waals surface area (Å²) in [5, 5.41) is 10.1. The van der Waals surface area contributed by atoms with E-state index in [2.05, 4.69) is 24.3 Å². The van der Waals surface area contributed by atoms with Gasteiger partial charge in [-0.3, -0.25) is 0 Å². The van der Waals surface area contributed by atoms with Crippen LogP contribution >= 0.6 is 0 Å². The zero-order valence-corrected chi connectivity index (χ0v) is 9.23. The van der Waals surface area contributed by atoms with E-state index < -0.39 is 0 Å². The van der Waals surface area contributed by atoms with E-state index in [-0.39, 0.29) is 6.10 Å². The second kappa shape index (κ2) is 5.32. The Bertz CT molecular complexity index is 281. The lowest BCUT2D eigenvalue weighted by Crippen LogP contribution is -2.20. The maximum absolute atomic E-state index is 10.1. The Morgan fingerprint density at radius 2 is 1.53 bits per heavy atom. The molecule has 1 aromatic rings. The third-order valence-electron chi connectivity index (χ3n) is 3.46. The minimum atomic E-state index is -0.132. The highest BCUT2D eigenvalue weighted by Crippen LogP contribution is 2.30. The zero-order chi connectivity index (χ0) is 10.5. The number of rotatable bonds is 1. The van der Waals surface area contributed by atoms with Crippen LogP contribution in [-0.2, 0) is 0 Å². The number of aliphatic hydroxyl groups excluding tert-OH is 1. The third kappa shape index (κ3) is 2.82. The fourth-order valence-electron chi connectivity index (χ4n) is 2.55. The molecule has 1 aromatic carbocycles. The summed E-state index contributed by atoms with van der Waals surface area (Å²) in [7, 11) is 0. The van der Waals surface area contributed by atoms with Gasteiger partial charge in [-0.25, -0.2) is 0 Å². The molecule has 0 heterocycles. The molecule has 82 valence electrons. The summed E-state index contributed by atoms with van der Waals surface area (Å²) < 4.78 is 0. The van der Waals surface area contributed by atoms with Gasteiger partial charge in [-0.1, -0.05) is 56.0 Å². The summed E-state index contributed by atoms with van der Waals surface area (Å²) in [6.07, 6.45) is 7.05. The molecule has 1 fully saturated rings. The second-order valence-electron chi connectivity index (χ2n) is 4.58. The van der Waals surface area contributed by atoms with E-state index in [4.69, 9.17) is 0 Å². The molecule has 0 radical (unpaired) electrons. The summed E-state index contributed by atoms with van der Waals surface area (Å²) in [6.45, 7) is 0. The fourth-order valence-corrected chi connectivity index (χ4v) is 2.55. The number of benzene rings is 1. The van der Waals surface area contributed by atoms with Gasteiger partial charge in [-0.15, -0.1) is 0 Å². The van der Waals surface area contributed by atoms with E-state index in [0.29, 0.717) is 5.92 Å². The number of hydrogen-bond acceptors (Lipinski definition) is 1. The predicted octanol–water partition coefficient (Wildman–Crippen LogP) is 3.49. The second-order valence-corrected chi connectivity index (χ2v) is 4.58. The maximum atomic E-state index is 10.1. The largest absolute Gasteiger partial charge is 0.392 e. The lowest BCUT2D eigenvalue weighted by Gasteiger charge is -2.25. The Morgan fingerprint density at radius 3 is 2.27 bits per heavy atom. The van der Waals surface area contributed by atoms with Gasteiger partial charge in [-0.05, 0) is 18.4 Å². The van der Waals surface area contributed by atoms with Crippen LogP contribution in [0.15, 0.2) is 30.3 Å². The van der Waals surface area contributed by atoms with Crippen molar-refractivity contribution in [2.45, 2.75) is 50.5 Å². The van der Waals surface area contributed by atoms with Gasteiger partial charge in [-0.2, -0.15) is 0 Å². The minimum Gasteiger partial charge on any atom is -0.392 e. The van der Waals surface area contributed by atoms with Gasteiger partial charge in [0.15, 0.2) is 0 Å². The van der Waals surface area contributed by atoms with Crippen LogP contribution < -0.4 is 0 Å². The van der Waals surface area contributed by atoms with E-state index in [1.165, 1.54) is 31.2 Å². The molecule has 0 aromatic heterocycles. The monoisotopic (exact) mass is 204 g/mol. The summed E-state index contributed by atoms with van der Waals surface area (Å²) in [6, 6.07) is 10.5. The molecule has 0 unspecified atom stereocenters. The molecule has 0 amide bonds. The Hall–Kier alpha value is -0.820. The van der Waals surface area contributed by atoms with E-state index in [1.807, 2.05) is 6.07 Å². The third-order valence-corrected chi connectivity index (χ3v) is 3.46.